The average Bonchev–Trinajstić information content (AvgIpc) is 3.34. The van der Waals surface area contributed by atoms with Gasteiger partial charge >= 0.3 is 5.97 Å². The molecule has 2 aliphatic heterocycles. The summed E-state index contributed by atoms with van der Waals surface area (Å²) in [4.78, 5) is 24.9. The molecule has 0 radical (unpaired) electrons. The van der Waals surface area contributed by atoms with Crippen LogP contribution in [0.4, 0.5) is 5.00 Å². The van der Waals surface area contributed by atoms with Crippen LogP contribution in [0.1, 0.15) is 50.6 Å². The molecule has 2 aromatic heterocycles. The first kappa shape index (κ1) is 19.0. The Bertz CT molecular complexity index is 841. The highest BCUT2D eigenvalue weighted by Gasteiger charge is 2.31. The zero-order valence-corrected chi connectivity index (χ0v) is 16.0. The Morgan fingerprint density at radius 3 is 2.89 bits per heavy atom. The molecule has 1 saturated heterocycles. The van der Waals surface area contributed by atoms with Crippen LogP contribution in [0, 0.1) is 0 Å². The van der Waals surface area contributed by atoms with E-state index in [2.05, 4.69) is 10.6 Å². The van der Waals surface area contributed by atoms with Gasteiger partial charge in [0, 0.05) is 24.4 Å². The number of carbonyl (C=O) groups excluding carboxylic acids is 1. The number of amides is 1. The van der Waals surface area contributed by atoms with Crippen LogP contribution in [0.3, 0.4) is 0 Å². The van der Waals surface area contributed by atoms with Crippen molar-refractivity contribution in [3.8, 4) is 0 Å². The number of carbonyl (C=O) groups is 2. The van der Waals surface area contributed by atoms with E-state index in [4.69, 9.17) is 13.9 Å². The number of ether oxygens (including phenoxy) is 2. The number of hydrogen-bond acceptors (Lipinski definition) is 7. The summed E-state index contributed by atoms with van der Waals surface area (Å²) in [6.07, 6.45) is 4.37. The molecular formula is C19H22N2O6S. The minimum absolute atomic E-state index is 0.156. The number of aromatic carboxylic acids is 1. The van der Waals surface area contributed by atoms with Crippen molar-refractivity contribution in [1.82, 2.24) is 5.32 Å². The Morgan fingerprint density at radius 1 is 1.29 bits per heavy atom. The Labute approximate surface area is 165 Å². The van der Waals surface area contributed by atoms with Crippen LogP contribution < -0.4 is 10.6 Å². The van der Waals surface area contributed by atoms with E-state index in [1.54, 1.807) is 12.1 Å². The molecule has 0 bridgehead atoms. The van der Waals surface area contributed by atoms with Crippen molar-refractivity contribution >= 4 is 28.2 Å². The van der Waals surface area contributed by atoms with Crippen LogP contribution >= 0.6 is 11.3 Å². The third-order valence-electron chi connectivity index (χ3n) is 4.89. The predicted molar refractivity (Wildman–Crippen MR) is 102 cm³/mol. The summed E-state index contributed by atoms with van der Waals surface area (Å²) in [6.45, 7) is 1.29. The molecule has 0 saturated carbocycles. The first-order valence-electron chi connectivity index (χ1n) is 9.31. The molecule has 28 heavy (non-hydrogen) atoms. The number of nitrogens with one attached hydrogen (secondary N) is 2. The minimum Gasteiger partial charge on any atom is -0.478 e. The molecular weight excluding hydrogens is 384 g/mol. The summed E-state index contributed by atoms with van der Waals surface area (Å²) < 4.78 is 16.6. The van der Waals surface area contributed by atoms with E-state index >= 15 is 0 Å². The zero-order chi connectivity index (χ0) is 19.5. The minimum atomic E-state index is -0.962. The molecule has 8 nitrogen and oxygen atoms in total. The van der Waals surface area contributed by atoms with E-state index in [1.165, 1.54) is 17.6 Å². The Balaban J connectivity index is 1.44. The first-order valence-corrected chi connectivity index (χ1v) is 10.1. The molecule has 9 heteroatoms. The lowest BCUT2D eigenvalue weighted by molar-refractivity contribution is 0.0297. The number of carboxylic acid groups (broad SMARTS) is 1. The van der Waals surface area contributed by atoms with E-state index < -0.39 is 5.97 Å². The van der Waals surface area contributed by atoms with Gasteiger partial charge in [-0.3, -0.25) is 4.79 Å². The lowest BCUT2D eigenvalue weighted by Gasteiger charge is -2.24. The lowest BCUT2D eigenvalue weighted by atomic mass is 10.0. The van der Waals surface area contributed by atoms with E-state index in [0.29, 0.717) is 30.2 Å². The maximum atomic E-state index is 12.0. The van der Waals surface area contributed by atoms with Crippen molar-refractivity contribution in [3.63, 3.8) is 0 Å². The highest BCUT2D eigenvalue weighted by atomic mass is 32.1. The summed E-state index contributed by atoms with van der Waals surface area (Å²) in [6, 6.07) is 3.23. The predicted octanol–water partition coefficient (Wildman–Crippen LogP) is 2.85. The molecule has 4 rings (SSSR count). The molecule has 4 heterocycles. The number of carboxylic acids is 1. The highest BCUT2D eigenvalue weighted by Crippen LogP contribution is 2.38. The second-order valence-electron chi connectivity index (χ2n) is 6.84. The quantitative estimate of drug-likeness (QED) is 0.677. The fraction of sp³-hybridized carbons (Fsp3) is 0.474. The number of anilines is 1. The van der Waals surface area contributed by atoms with E-state index in [1.807, 2.05) is 0 Å². The van der Waals surface area contributed by atoms with E-state index in [-0.39, 0.29) is 30.5 Å². The number of rotatable bonds is 6. The van der Waals surface area contributed by atoms with Crippen molar-refractivity contribution < 1.29 is 28.6 Å². The van der Waals surface area contributed by atoms with Crippen molar-refractivity contribution in [2.75, 3.05) is 18.5 Å². The van der Waals surface area contributed by atoms with Crippen LogP contribution in [0.2, 0.25) is 0 Å². The summed E-state index contributed by atoms with van der Waals surface area (Å²) in [7, 11) is 0. The largest absolute Gasteiger partial charge is 0.478 e. The Hall–Kier alpha value is -2.36. The zero-order valence-electron chi connectivity index (χ0n) is 15.2. The second kappa shape index (κ2) is 8.34. The van der Waals surface area contributed by atoms with Gasteiger partial charge in [-0.25, -0.2) is 4.79 Å². The molecule has 0 spiro atoms. The smallest absolute Gasteiger partial charge is 0.338 e. The van der Waals surface area contributed by atoms with Crippen molar-refractivity contribution in [2.45, 2.75) is 44.6 Å². The molecule has 2 unspecified atom stereocenters. The van der Waals surface area contributed by atoms with E-state index in [0.717, 1.165) is 29.7 Å². The number of furan rings is 1. The first-order chi connectivity index (χ1) is 13.6. The monoisotopic (exact) mass is 406 g/mol. The molecule has 2 aliphatic rings. The SMILES string of the molecule is O=C(NCC1Cc2c(sc(NC3CCCCO3)c2C(=O)O)CO1)c1ccco1. The van der Waals surface area contributed by atoms with Gasteiger partial charge in [0.15, 0.2) is 5.76 Å². The van der Waals surface area contributed by atoms with Gasteiger partial charge in [0.1, 0.15) is 11.2 Å². The highest BCUT2D eigenvalue weighted by molar-refractivity contribution is 7.16. The summed E-state index contributed by atoms with van der Waals surface area (Å²) in [5.41, 5.74) is 1.07. The van der Waals surface area contributed by atoms with Crippen LogP contribution in [-0.2, 0) is 22.5 Å². The van der Waals surface area contributed by atoms with Gasteiger partial charge in [-0.15, -0.1) is 11.3 Å². The van der Waals surface area contributed by atoms with Crippen molar-refractivity contribution in [2.24, 2.45) is 0 Å². The van der Waals surface area contributed by atoms with Crippen molar-refractivity contribution in [1.29, 1.82) is 0 Å². The Kier molecular flexibility index (Phi) is 5.65. The van der Waals surface area contributed by atoms with Crippen LogP contribution in [0.25, 0.3) is 0 Å². The standard InChI is InChI=1S/C19H22N2O6S/c22-17(13-4-3-7-25-13)20-9-11-8-12-14(10-27-11)28-18(16(12)19(23)24)21-15-5-1-2-6-26-15/h3-4,7,11,15,21H,1-2,5-6,8-10H2,(H,20,22)(H,23,24). The number of hydrogen-bond donors (Lipinski definition) is 3. The van der Waals surface area contributed by atoms with Crippen LogP contribution in [0.5, 0.6) is 0 Å². The van der Waals surface area contributed by atoms with Gasteiger partial charge < -0.3 is 29.6 Å². The van der Waals surface area contributed by atoms with Crippen LogP contribution in [0.15, 0.2) is 22.8 Å². The second-order valence-corrected chi connectivity index (χ2v) is 7.94. The maximum Gasteiger partial charge on any atom is 0.338 e. The van der Waals surface area contributed by atoms with E-state index in [9.17, 15) is 14.7 Å². The Morgan fingerprint density at radius 2 is 2.18 bits per heavy atom. The van der Waals surface area contributed by atoms with Crippen LogP contribution in [-0.4, -0.2) is 42.5 Å². The molecule has 1 amide bonds. The molecule has 3 N–H and O–H groups in total. The van der Waals surface area contributed by atoms with Gasteiger partial charge in [-0.05, 0) is 37.0 Å². The molecule has 0 aliphatic carbocycles. The molecule has 1 fully saturated rings. The normalized spacial score (nSPS) is 21.7. The van der Waals surface area contributed by atoms with Gasteiger partial charge in [-0.2, -0.15) is 0 Å². The molecule has 150 valence electrons. The molecule has 2 aromatic rings. The lowest BCUT2D eigenvalue weighted by Crippen LogP contribution is -2.36. The van der Waals surface area contributed by atoms with Gasteiger partial charge in [0.25, 0.3) is 5.91 Å². The summed E-state index contributed by atoms with van der Waals surface area (Å²) in [5.74, 6) is -1.05. The fourth-order valence-corrected chi connectivity index (χ4v) is 4.67. The maximum absolute atomic E-state index is 12.0. The number of fused-ring (bicyclic) bond motifs is 1. The van der Waals surface area contributed by atoms with Gasteiger partial charge in [0.2, 0.25) is 0 Å². The van der Waals surface area contributed by atoms with Crippen molar-refractivity contribution in [3.05, 3.63) is 40.2 Å². The van der Waals surface area contributed by atoms with Gasteiger partial charge in [-0.1, -0.05) is 0 Å². The fourth-order valence-electron chi connectivity index (χ4n) is 3.49. The third kappa shape index (κ3) is 4.06. The summed E-state index contributed by atoms with van der Waals surface area (Å²) >= 11 is 1.41. The van der Waals surface area contributed by atoms with Gasteiger partial charge in [0.05, 0.1) is 24.5 Å². The summed E-state index contributed by atoms with van der Waals surface area (Å²) in [5, 5.41) is 16.4. The average molecular weight is 406 g/mol. The topological polar surface area (TPSA) is 110 Å². The molecule has 2 atom stereocenters. The third-order valence-corrected chi connectivity index (χ3v) is 6.03. The molecule has 0 aromatic carbocycles. The number of thiophene rings is 1.